The summed E-state index contributed by atoms with van der Waals surface area (Å²) in [7, 11) is 3.12. The van der Waals surface area contributed by atoms with E-state index in [1.807, 2.05) is 18.2 Å². The lowest BCUT2D eigenvalue weighted by Crippen LogP contribution is -2.46. The van der Waals surface area contributed by atoms with Crippen LogP contribution in [0.4, 0.5) is 0 Å². The van der Waals surface area contributed by atoms with Crippen LogP contribution in [0.5, 0.6) is 11.6 Å². The summed E-state index contributed by atoms with van der Waals surface area (Å²) < 4.78 is 15.0. The van der Waals surface area contributed by atoms with E-state index in [9.17, 15) is 9.59 Å². The molecule has 0 N–H and O–H groups in total. The Hall–Kier alpha value is -2.02. The lowest BCUT2D eigenvalue weighted by molar-refractivity contribution is 0.116. The zero-order valence-corrected chi connectivity index (χ0v) is 14.3. The molecule has 120 valence electrons. The molecule has 3 heterocycles. The molecule has 2 atom stereocenters. The molecular formula is C16H15BrN2O4. The predicted molar refractivity (Wildman–Crippen MR) is 87.4 cm³/mol. The van der Waals surface area contributed by atoms with Crippen LogP contribution in [0.3, 0.4) is 0 Å². The standard InChI is InChI=1S/C16H15BrN2O4/c1-18-14(20)13-12-8(7-23-15(13)19(2)16(18)21)6-22-11-4-3-9(17)5-10(11)12/h3-5,8,12H,6-7H2,1-2H3/t8-,12-/m1/s1. The topological polar surface area (TPSA) is 62.5 Å². The van der Waals surface area contributed by atoms with Gasteiger partial charge in [0.2, 0.25) is 5.88 Å². The first-order valence-corrected chi connectivity index (χ1v) is 8.13. The van der Waals surface area contributed by atoms with Crippen molar-refractivity contribution in [3.05, 3.63) is 54.6 Å². The van der Waals surface area contributed by atoms with E-state index in [1.54, 1.807) is 7.05 Å². The molecule has 1 aromatic heterocycles. The molecule has 0 unspecified atom stereocenters. The Morgan fingerprint density at radius 2 is 1.87 bits per heavy atom. The van der Waals surface area contributed by atoms with Crippen LogP contribution in [0.2, 0.25) is 0 Å². The number of aromatic nitrogens is 2. The Balaban J connectivity index is 2.05. The molecule has 0 radical (unpaired) electrons. The van der Waals surface area contributed by atoms with Gasteiger partial charge in [-0.05, 0) is 18.2 Å². The van der Waals surface area contributed by atoms with Crippen LogP contribution in [-0.4, -0.2) is 22.3 Å². The van der Waals surface area contributed by atoms with E-state index in [2.05, 4.69) is 15.9 Å². The maximum Gasteiger partial charge on any atom is 0.333 e. The minimum Gasteiger partial charge on any atom is -0.493 e. The minimum absolute atomic E-state index is 0.0505. The number of nitrogens with zero attached hydrogens (tertiary/aromatic N) is 2. The molecule has 23 heavy (non-hydrogen) atoms. The Labute approximate surface area is 140 Å². The monoisotopic (exact) mass is 378 g/mol. The minimum atomic E-state index is -0.381. The van der Waals surface area contributed by atoms with Crippen molar-refractivity contribution in [1.29, 1.82) is 0 Å². The molecule has 0 bridgehead atoms. The van der Waals surface area contributed by atoms with Crippen LogP contribution in [-0.2, 0) is 14.1 Å². The number of benzene rings is 1. The van der Waals surface area contributed by atoms with Gasteiger partial charge in [0.15, 0.2) is 0 Å². The van der Waals surface area contributed by atoms with E-state index >= 15 is 0 Å². The molecule has 2 aromatic rings. The van der Waals surface area contributed by atoms with Crippen LogP contribution in [0, 0.1) is 5.92 Å². The number of ether oxygens (including phenoxy) is 2. The van der Waals surface area contributed by atoms with Crippen LogP contribution in [0.15, 0.2) is 32.3 Å². The Kier molecular flexibility index (Phi) is 3.16. The second-order valence-corrected chi connectivity index (χ2v) is 6.88. The average molecular weight is 379 g/mol. The quantitative estimate of drug-likeness (QED) is 0.694. The summed E-state index contributed by atoms with van der Waals surface area (Å²) >= 11 is 3.48. The number of hydrogen-bond acceptors (Lipinski definition) is 4. The molecule has 0 spiro atoms. The van der Waals surface area contributed by atoms with Crippen molar-refractivity contribution in [2.24, 2.45) is 20.0 Å². The van der Waals surface area contributed by atoms with Crippen LogP contribution in [0.1, 0.15) is 17.0 Å². The van der Waals surface area contributed by atoms with Crippen LogP contribution in [0.25, 0.3) is 0 Å². The molecule has 2 aliphatic rings. The van der Waals surface area contributed by atoms with Crippen LogP contribution < -0.4 is 20.7 Å². The zero-order chi connectivity index (χ0) is 16.3. The molecule has 4 rings (SSSR count). The lowest BCUT2D eigenvalue weighted by atomic mass is 9.79. The number of halogens is 1. The molecule has 1 aromatic carbocycles. The van der Waals surface area contributed by atoms with Gasteiger partial charge in [-0.3, -0.25) is 13.9 Å². The second-order valence-electron chi connectivity index (χ2n) is 5.97. The van der Waals surface area contributed by atoms with E-state index in [0.29, 0.717) is 24.7 Å². The smallest absolute Gasteiger partial charge is 0.333 e. The van der Waals surface area contributed by atoms with Gasteiger partial charge in [-0.15, -0.1) is 0 Å². The lowest BCUT2D eigenvalue weighted by Gasteiger charge is -2.38. The second kappa shape index (κ2) is 4.99. The molecule has 0 saturated heterocycles. The molecule has 0 saturated carbocycles. The first-order chi connectivity index (χ1) is 11.0. The van der Waals surface area contributed by atoms with Gasteiger partial charge < -0.3 is 9.47 Å². The van der Waals surface area contributed by atoms with Crippen molar-refractivity contribution >= 4 is 15.9 Å². The van der Waals surface area contributed by atoms with Gasteiger partial charge in [-0.2, -0.15) is 0 Å². The van der Waals surface area contributed by atoms with Gasteiger partial charge in [0, 0.05) is 36.0 Å². The number of fused-ring (bicyclic) bond motifs is 5. The highest BCUT2D eigenvalue weighted by atomic mass is 79.9. The van der Waals surface area contributed by atoms with E-state index in [1.165, 1.54) is 11.6 Å². The first kappa shape index (κ1) is 14.6. The molecule has 0 amide bonds. The predicted octanol–water partition coefficient (Wildman–Crippen LogP) is 1.38. The van der Waals surface area contributed by atoms with E-state index < -0.39 is 0 Å². The van der Waals surface area contributed by atoms with Crippen molar-refractivity contribution in [1.82, 2.24) is 9.13 Å². The SMILES string of the molecule is Cn1c2c(c(=O)n(C)c1=O)[C@H]1c3cc(Br)ccc3OC[C@@H]1CO2. The Morgan fingerprint density at radius 1 is 1.13 bits per heavy atom. The Morgan fingerprint density at radius 3 is 2.65 bits per heavy atom. The maximum atomic E-state index is 12.8. The molecule has 0 aliphatic carbocycles. The third-order valence-corrected chi connectivity index (χ3v) is 5.11. The summed E-state index contributed by atoms with van der Waals surface area (Å²) in [6, 6.07) is 5.79. The fourth-order valence-electron chi connectivity index (χ4n) is 3.45. The first-order valence-electron chi connectivity index (χ1n) is 7.34. The fourth-order valence-corrected chi connectivity index (χ4v) is 3.83. The van der Waals surface area contributed by atoms with Gasteiger partial charge in [0.05, 0.1) is 18.8 Å². The normalized spacial score (nSPS) is 21.5. The highest BCUT2D eigenvalue weighted by Crippen LogP contribution is 2.46. The van der Waals surface area contributed by atoms with E-state index in [-0.39, 0.29) is 23.1 Å². The summed E-state index contributed by atoms with van der Waals surface area (Å²) in [6.45, 7) is 0.912. The van der Waals surface area contributed by atoms with Crippen LogP contribution >= 0.6 is 15.9 Å². The van der Waals surface area contributed by atoms with E-state index in [4.69, 9.17) is 9.47 Å². The third-order valence-electron chi connectivity index (χ3n) is 4.62. The zero-order valence-electron chi connectivity index (χ0n) is 12.7. The van der Waals surface area contributed by atoms with Gasteiger partial charge in [0.25, 0.3) is 5.56 Å². The number of hydrogen-bond donors (Lipinski definition) is 0. The van der Waals surface area contributed by atoms with E-state index in [0.717, 1.165) is 20.4 Å². The highest BCUT2D eigenvalue weighted by molar-refractivity contribution is 9.10. The van der Waals surface area contributed by atoms with Gasteiger partial charge in [-0.25, -0.2) is 4.79 Å². The van der Waals surface area contributed by atoms with Gasteiger partial charge in [0.1, 0.15) is 5.75 Å². The number of rotatable bonds is 0. The summed E-state index contributed by atoms with van der Waals surface area (Å²) in [5.74, 6) is 1.06. The van der Waals surface area contributed by atoms with Gasteiger partial charge in [-0.1, -0.05) is 15.9 Å². The molecule has 0 fully saturated rings. The summed E-state index contributed by atoms with van der Waals surface area (Å²) in [4.78, 5) is 24.9. The molecule has 7 heteroatoms. The largest absolute Gasteiger partial charge is 0.493 e. The van der Waals surface area contributed by atoms with Crippen molar-refractivity contribution in [3.63, 3.8) is 0 Å². The molecule has 6 nitrogen and oxygen atoms in total. The summed E-state index contributed by atoms with van der Waals surface area (Å²) in [5.41, 5.74) is 0.809. The average Bonchev–Trinajstić information content (AvgIpc) is 2.56. The summed E-state index contributed by atoms with van der Waals surface area (Å²) in [6.07, 6.45) is 0. The highest BCUT2D eigenvalue weighted by Gasteiger charge is 2.41. The van der Waals surface area contributed by atoms with Gasteiger partial charge >= 0.3 is 5.69 Å². The van der Waals surface area contributed by atoms with Crippen molar-refractivity contribution in [2.75, 3.05) is 13.2 Å². The van der Waals surface area contributed by atoms with Crippen molar-refractivity contribution in [2.45, 2.75) is 5.92 Å². The fraction of sp³-hybridized carbons (Fsp3) is 0.375. The molecular weight excluding hydrogens is 364 g/mol. The Bertz CT molecular complexity index is 931. The maximum absolute atomic E-state index is 12.8. The summed E-state index contributed by atoms with van der Waals surface area (Å²) in [5, 5.41) is 0. The third kappa shape index (κ3) is 1.99. The van der Waals surface area contributed by atoms with Crippen molar-refractivity contribution < 1.29 is 9.47 Å². The molecule has 2 aliphatic heterocycles. The van der Waals surface area contributed by atoms with Crippen molar-refractivity contribution in [3.8, 4) is 11.6 Å².